The fourth-order valence-electron chi connectivity index (χ4n) is 3.08. The van der Waals surface area contributed by atoms with Crippen molar-refractivity contribution >= 4 is 17.0 Å². The molecule has 3 aromatic rings. The number of ether oxygens (including phenoxy) is 1. The summed E-state index contributed by atoms with van der Waals surface area (Å²) in [5.41, 5.74) is 3.41. The average Bonchev–Trinajstić information content (AvgIpc) is 2.95. The number of fused-ring (bicyclic) bond motifs is 2. The molecule has 6 nitrogen and oxygen atoms in total. The zero-order chi connectivity index (χ0) is 16.7. The first-order chi connectivity index (χ1) is 11.6. The van der Waals surface area contributed by atoms with Crippen LogP contribution in [0.5, 0.6) is 5.75 Å². The van der Waals surface area contributed by atoms with Gasteiger partial charge in [-0.25, -0.2) is 4.98 Å². The van der Waals surface area contributed by atoms with Gasteiger partial charge in [0, 0.05) is 5.69 Å². The van der Waals surface area contributed by atoms with Gasteiger partial charge in [0.1, 0.15) is 12.4 Å². The van der Waals surface area contributed by atoms with Gasteiger partial charge in [-0.1, -0.05) is 23.4 Å². The third kappa shape index (κ3) is 2.50. The summed E-state index contributed by atoms with van der Waals surface area (Å²) in [6.45, 7) is 4.09. The zero-order valence-corrected chi connectivity index (χ0v) is 13.5. The number of carbonyl (C=O) groups excluding carboxylic acids is 1. The van der Waals surface area contributed by atoms with Crippen molar-refractivity contribution in [2.75, 3.05) is 6.61 Å². The molecule has 1 amide bonds. The standard InChI is InChI=1S/C18H17N3O3/c1-10-7-14(16-11(2)21-24-18(16)19-10)17(22)20-13-8-12-5-3-4-6-15(12)23-9-13/h3-7,13H,8-9H2,1-2H3,(H,20,22). The second-order valence-electron chi connectivity index (χ2n) is 6.05. The average molecular weight is 323 g/mol. The predicted molar refractivity (Wildman–Crippen MR) is 88.2 cm³/mol. The maximum atomic E-state index is 12.8. The second kappa shape index (κ2) is 5.63. The van der Waals surface area contributed by atoms with Crippen LogP contribution in [0.15, 0.2) is 34.9 Å². The molecule has 0 spiro atoms. The third-order valence-corrected chi connectivity index (χ3v) is 4.20. The molecule has 0 saturated carbocycles. The molecule has 1 N–H and O–H groups in total. The molecule has 1 atom stereocenters. The van der Waals surface area contributed by atoms with E-state index < -0.39 is 0 Å². The highest BCUT2D eigenvalue weighted by Crippen LogP contribution is 2.25. The summed E-state index contributed by atoms with van der Waals surface area (Å²) in [6, 6.07) is 9.58. The molecule has 2 aromatic heterocycles. The Morgan fingerprint density at radius 3 is 3.00 bits per heavy atom. The van der Waals surface area contributed by atoms with Crippen LogP contribution in [-0.2, 0) is 6.42 Å². The molecule has 0 radical (unpaired) electrons. The van der Waals surface area contributed by atoms with Crippen molar-refractivity contribution in [1.82, 2.24) is 15.5 Å². The van der Waals surface area contributed by atoms with E-state index in [4.69, 9.17) is 9.26 Å². The number of hydrogen-bond donors (Lipinski definition) is 1. The number of hydrogen-bond acceptors (Lipinski definition) is 5. The highest BCUT2D eigenvalue weighted by atomic mass is 16.5. The number of aromatic nitrogens is 2. The summed E-state index contributed by atoms with van der Waals surface area (Å²) in [5, 5.41) is 7.63. The first-order valence-electron chi connectivity index (χ1n) is 7.87. The van der Waals surface area contributed by atoms with Crippen LogP contribution in [-0.4, -0.2) is 28.7 Å². The van der Waals surface area contributed by atoms with Gasteiger partial charge in [0.15, 0.2) is 0 Å². The van der Waals surface area contributed by atoms with Crippen LogP contribution in [0.4, 0.5) is 0 Å². The van der Waals surface area contributed by atoms with Crippen molar-refractivity contribution < 1.29 is 14.1 Å². The predicted octanol–water partition coefficient (Wildman–Crippen LogP) is 2.57. The Balaban J connectivity index is 1.61. The second-order valence-corrected chi connectivity index (χ2v) is 6.05. The summed E-state index contributed by atoms with van der Waals surface area (Å²) in [4.78, 5) is 17.1. The molecule has 0 bridgehead atoms. The molecule has 122 valence electrons. The largest absolute Gasteiger partial charge is 0.491 e. The van der Waals surface area contributed by atoms with E-state index in [0.717, 1.165) is 17.7 Å². The van der Waals surface area contributed by atoms with Crippen molar-refractivity contribution in [3.63, 3.8) is 0 Å². The first kappa shape index (κ1) is 14.7. The van der Waals surface area contributed by atoms with E-state index in [1.54, 1.807) is 13.0 Å². The molecule has 1 aliphatic heterocycles. The lowest BCUT2D eigenvalue weighted by Crippen LogP contribution is -2.42. The summed E-state index contributed by atoms with van der Waals surface area (Å²) in [7, 11) is 0. The number of para-hydroxylation sites is 1. The van der Waals surface area contributed by atoms with E-state index in [0.29, 0.717) is 34.7 Å². The number of benzene rings is 1. The maximum Gasteiger partial charge on any atom is 0.258 e. The SMILES string of the molecule is Cc1cc(C(=O)NC2COc3ccccc3C2)c2c(C)noc2n1. The van der Waals surface area contributed by atoms with E-state index in [1.807, 2.05) is 31.2 Å². The minimum absolute atomic E-state index is 0.0731. The van der Waals surface area contributed by atoms with Crippen molar-refractivity contribution in [3.05, 3.63) is 52.8 Å². The van der Waals surface area contributed by atoms with Crippen LogP contribution in [0.1, 0.15) is 27.3 Å². The Hall–Kier alpha value is -2.89. The van der Waals surface area contributed by atoms with Crippen LogP contribution in [0.3, 0.4) is 0 Å². The highest BCUT2D eigenvalue weighted by molar-refractivity contribution is 6.06. The van der Waals surface area contributed by atoms with Gasteiger partial charge in [0.25, 0.3) is 11.6 Å². The number of carbonyl (C=O) groups is 1. The smallest absolute Gasteiger partial charge is 0.258 e. The lowest BCUT2D eigenvalue weighted by Gasteiger charge is -2.26. The minimum Gasteiger partial charge on any atom is -0.491 e. The van der Waals surface area contributed by atoms with Crippen LogP contribution < -0.4 is 10.1 Å². The minimum atomic E-state index is -0.162. The summed E-state index contributed by atoms with van der Waals surface area (Å²) in [6.07, 6.45) is 0.748. The van der Waals surface area contributed by atoms with E-state index in [-0.39, 0.29) is 11.9 Å². The molecule has 1 aliphatic rings. The van der Waals surface area contributed by atoms with Gasteiger partial charge in [-0.15, -0.1) is 0 Å². The van der Waals surface area contributed by atoms with Gasteiger partial charge in [0.2, 0.25) is 0 Å². The van der Waals surface area contributed by atoms with Crippen molar-refractivity contribution in [1.29, 1.82) is 0 Å². The lowest BCUT2D eigenvalue weighted by molar-refractivity contribution is 0.0917. The molecular weight excluding hydrogens is 306 g/mol. The van der Waals surface area contributed by atoms with Gasteiger partial charge < -0.3 is 14.6 Å². The van der Waals surface area contributed by atoms with Gasteiger partial charge in [0.05, 0.1) is 22.7 Å². The maximum absolute atomic E-state index is 12.8. The fraction of sp³-hybridized carbons (Fsp3) is 0.278. The molecule has 0 fully saturated rings. The first-order valence-corrected chi connectivity index (χ1v) is 7.87. The van der Waals surface area contributed by atoms with Gasteiger partial charge >= 0.3 is 0 Å². The lowest BCUT2D eigenvalue weighted by atomic mass is 10.0. The topological polar surface area (TPSA) is 77.2 Å². The molecular formula is C18H17N3O3. The number of amides is 1. The van der Waals surface area contributed by atoms with Crippen molar-refractivity contribution in [2.45, 2.75) is 26.3 Å². The summed E-state index contributed by atoms with van der Waals surface area (Å²) in [5.74, 6) is 0.727. The van der Waals surface area contributed by atoms with Crippen LogP contribution in [0.2, 0.25) is 0 Å². The van der Waals surface area contributed by atoms with Crippen molar-refractivity contribution in [2.24, 2.45) is 0 Å². The van der Waals surface area contributed by atoms with E-state index >= 15 is 0 Å². The zero-order valence-electron chi connectivity index (χ0n) is 13.5. The Kier molecular flexibility index (Phi) is 3.45. The molecule has 3 heterocycles. The summed E-state index contributed by atoms with van der Waals surface area (Å²) >= 11 is 0. The van der Waals surface area contributed by atoms with Crippen LogP contribution in [0.25, 0.3) is 11.1 Å². The Morgan fingerprint density at radius 2 is 2.12 bits per heavy atom. The van der Waals surface area contributed by atoms with Gasteiger partial charge in [-0.05, 0) is 38.0 Å². The highest BCUT2D eigenvalue weighted by Gasteiger charge is 2.24. The quantitative estimate of drug-likeness (QED) is 0.784. The van der Waals surface area contributed by atoms with Gasteiger partial charge in [-0.3, -0.25) is 4.79 Å². The number of rotatable bonds is 2. The Labute approximate surface area is 138 Å². The monoisotopic (exact) mass is 323 g/mol. The van der Waals surface area contributed by atoms with Gasteiger partial charge in [-0.2, -0.15) is 0 Å². The Bertz CT molecular complexity index is 932. The molecule has 24 heavy (non-hydrogen) atoms. The molecule has 6 heteroatoms. The molecule has 1 aromatic carbocycles. The normalized spacial score (nSPS) is 16.5. The summed E-state index contributed by atoms with van der Waals surface area (Å²) < 4.78 is 10.9. The number of nitrogens with zero attached hydrogens (tertiary/aromatic N) is 2. The molecule has 4 rings (SSSR count). The van der Waals surface area contributed by atoms with Crippen LogP contribution >= 0.6 is 0 Å². The Morgan fingerprint density at radius 1 is 1.29 bits per heavy atom. The molecule has 0 aliphatic carbocycles. The molecule has 1 unspecified atom stereocenters. The van der Waals surface area contributed by atoms with Crippen LogP contribution in [0, 0.1) is 13.8 Å². The third-order valence-electron chi connectivity index (χ3n) is 4.20. The molecule has 0 saturated heterocycles. The van der Waals surface area contributed by atoms with E-state index in [2.05, 4.69) is 15.5 Å². The number of aryl methyl sites for hydroxylation is 2. The fourth-order valence-corrected chi connectivity index (χ4v) is 3.08. The number of pyridine rings is 1. The van der Waals surface area contributed by atoms with Crippen molar-refractivity contribution in [3.8, 4) is 5.75 Å². The van der Waals surface area contributed by atoms with E-state index in [9.17, 15) is 4.79 Å². The van der Waals surface area contributed by atoms with E-state index in [1.165, 1.54) is 0 Å². The number of nitrogens with one attached hydrogen (secondary N) is 1.